The Labute approximate surface area is 117 Å². The fourth-order valence-electron chi connectivity index (χ4n) is 1.17. The van der Waals surface area contributed by atoms with Gasteiger partial charge in [-0.05, 0) is 28.4 Å². The molecule has 0 heterocycles. The molecule has 0 aromatic heterocycles. The molecule has 3 N–H and O–H groups in total. The highest BCUT2D eigenvalue weighted by Crippen LogP contribution is 2.34. The molecule has 0 saturated carbocycles. The van der Waals surface area contributed by atoms with Crippen molar-refractivity contribution in [3.8, 4) is 5.75 Å². The van der Waals surface area contributed by atoms with Crippen molar-refractivity contribution in [1.82, 2.24) is 0 Å². The summed E-state index contributed by atoms with van der Waals surface area (Å²) in [5, 5.41) is 12.4. The minimum absolute atomic E-state index is 0.0115. The van der Waals surface area contributed by atoms with Crippen LogP contribution in [0.15, 0.2) is 21.8 Å². The molecule has 0 radical (unpaired) electrons. The lowest BCUT2D eigenvalue weighted by molar-refractivity contribution is 0.246. The van der Waals surface area contributed by atoms with E-state index in [-0.39, 0.29) is 5.84 Å². The van der Waals surface area contributed by atoms with Crippen LogP contribution in [0, 0.1) is 0 Å². The second-order valence-electron chi connectivity index (χ2n) is 3.24. The molecule has 0 aliphatic rings. The predicted molar refractivity (Wildman–Crippen MR) is 72.3 cm³/mol. The van der Waals surface area contributed by atoms with Gasteiger partial charge in [0.15, 0.2) is 11.9 Å². The molecule has 1 aromatic rings. The van der Waals surface area contributed by atoms with Crippen molar-refractivity contribution in [2.45, 2.75) is 19.4 Å². The molecule has 0 aliphatic heterocycles. The second-order valence-corrected chi connectivity index (χ2v) is 4.91. The smallest absolute Gasteiger partial charge is 0.180 e. The van der Waals surface area contributed by atoms with Gasteiger partial charge in [-0.15, -0.1) is 0 Å². The summed E-state index contributed by atoms with van der Waals surface area (Å²) in [7, 11) is 0. The van der Waals surface area contributed by atoms with Crippen LogP contribution in [0.5, 0.6) is 5.75 Å². The fourth-order valence-corrected chi connectivity index (χ4v) is 2.00. The minimum Gasteiger partial charge on any atom is -0.481 e. The summed E-state index contributed by atoms with van der Waals surface area (Å²) in [6.07, 6.45) is -0.00496. The second kappa shape index (κ2) is 6.33. The van der Waals surface area contributed by atoms with Gasteiger partial charge in [0.1, 0.15) is 5.75 Å². The van der Waals surface area contributed by atoms with E-state index in [0.29, 0.717) is 26.7 Å². The summed E-state index contributed by atoms with van der Waals surface area (Å²) in [6, 6.07) is 3.19. The van der Waals surface area contributed by atoms with E-state index in [0.717, 1.165) is 0 Å². The van der Waals surface area contributed by atoms with E-state index in [4.69, 9.17) is 38.9 Å². The highest BCUT2D eigenvalue weighted by atomic mass is 79.9. The highest BCUT2D eigenvalue weighted by Gasteiger charge is 2.16. The third-order valence-corrected chi connectivity index (χ3v) is 3.55. The Hall–Kier alpha value is -0.650. The predicted octanol–water partition coefficient (Wildman–Crippen LogP) is 3.66. The molecule has 4 nitrogen and oxygen atoms in total. The number of rotatable bonds is 4. The molecule has 0 saturated heterocycles. The number of amidine groups is 1. The van der Waals surface area contributed by atoms with Gasteiger partial charge in [0.25, 0.3) is 0 Å². The van der Waals surface area contributed by atoms with Crippen molar-refractivity contribution in [2.75, 3.05) is 0 Å². The Kier molecular flexibility index (Phi) is 5.36. The molecule has 1 unspecified atom stereocenters. The molecule has 0 fully saturated rings. The van der Waals surface area contributed by atoms with E-state index in [1.165, 1.54) is 0 Å². The number of nitrogens with two attached hydrogens (primary N) is 1. The van der Waals surface area contributed by atoms with Crippen LogP contribution in [0.4, 0.5) is 0 Å². The van der Waals surface area contributed by atoms with Gasteiger partial charge < -0.3 is 15.7 Å². The molecule has 0 amide bonds. The lowest BCUT2D eigenvalue weighted by Crippen LogP contribution is -2.33. The topological polar surface area (TPSA) is 67.8 Å². The summed E-state index contributed by atoms with van der Waals surface area (Å²) in [6.45, 7) is 1.84. The van der Waals surface area contributed by atoms with Crippen molar-refractivity contribution in [1.29, 1.82) is 0 Å². The molecule has 0 bridgehead atoms. The van der Waals surface area contributed by atoms with Crippen LogP contribution in [0.3, 0.4) is 0 Å². The Balaban J connectivity index is 2.98. The normalized spacial score (nSPS) is 13.5. The molecule has 7 heteroatoms. The van der Waals surface area contributed by atoms with Gasteiger partial charge in [-0.3, -0.25) is 0 Å². The van der Waals surface area contributed by atoms with Crippen molar-refractivity contribution < 1.29 is 9.94 Å². The van der Waals surface area contributed by atoms with Crippen molar-refractivity contribution in [3.05, 3.63) is 26.7 Å². The Bertz CT molecular complexity index is 441. The molecule has 17 heavy (non-hydrogen) atoms. The number of hydrogen-bond donors (Lipinski definition) is 2. The first-order valence-corrected chi connectivity index (χ1v) is 6.33. The zero-order valence-electron chi connectivity index (χ0n) is 8.95. The van der Waals surface area contributed by atoms with E-state index in [2.05, 4.69) is 21.1 Å². The van der Waals surface area contributed by atoms with Gasteiger partial charge >= 0.3 is 0 Å². The summed E-state index contributed by atoms with van der Waals surface area (Å²) < 4.78 is 6.20. The van der Waals surface area contributed by atoms with Crippen LogP contribution in [0.1, 0.15) is 13.3 Å². The van der Waals surface area contributed by atoms with Crippen LogP contribution in [0.25, 0.3) is 0 Å². The maximum atomic E-state index is 8.60. The Morgan fingerprint density at radius 1 is 1.53 bits per heavy atom. The summed E-state index contributed by atoms with van der Waals surface area (Å²) in [5.74, 6) is 0.376. The van der Waals surface area contributed by atoms with Gasteiger partial charge in [0.05, 0.1) is 10.0 Å². The fraction of sp³-hybridized carbons (Fsp3) is 0.300. The number of halogens is 3. The first kappa shape index (κ1) is 14.4. The third-order valence-electron chi connectivity index (χ3n) is 2.06. The minimum atomic E-state index is -0.547. The Morgan fingerprint density at radius 2 is 2.18 bits per heavy atom. The van der Waals surface area contributed by atoms with Gasteiger partial charge in [-0.25, -0.2) is 0 Å². The first-order valence-electron chi connectivity index (χ1n) is 4.78. The van der Waals surface area contributed by atoms with E-state index in [9.17, 15) is 0 Å². The maximum absolute atomic E-state index is 8.60. The average Bonchev–Trinajstić information content (AvgIpc) is 2.31. The highest BCUT2D eigenvalue weighted by molar-refractivity contribution is 9.10. The maximum Gasteiger partial charge on any atom is 0.180 e. The first-order chi connectivity index (χ1) is 7.99. The average molecular weight is 342 g/mol. The largest absolute Gasteiger partial charge is 0.481 e. The standard InChI is InChI=1S/C10H11BrCl2N2O2/c1-2-8(10(14)15-16)17-9-4-6(12)5(11)3-7(9)13/h3-4,8,16H,2H2,1H3,(H2,14,15). The monoisotopic (exact) mass is 340 g/mol. The third kappa shape index (κ3) is 3.66. The summed E-state index contributed by atoms with van der Waals surface area (Å²) >= 11 is 15.2. The van der Waals surface area contributed by atoms with Crippen LogP contribution in [-0.4, -0.2) is 17.1 Å². The Morgan fingerprint density at radius 3 is 2.71 bits per heavy atom. The van der Waals surface area contributed by atoms with Gasteiger partial charge in [-0.2, -0.15) is 0 Å². The molecule has 1 atom stereocenters. The molecule has 0 aliphatic carbocycles. The van der Waals surface area contributed by atoms with E-state index < -0.39 is 6.10 Å². The SMILES string of the molecule is CCC(Oc1cc(Cl)c(Br)cc1Cl)/C(N)=N/O. The zero-order valence-corrected chi connectivity index (χ0v) is 12.1. The molecule has 1 aromatic carbocycles. The zero-order chi connectivity index (χ0) is 13.0. The lowest BCUT2D eigenvalue weighted by Gasteiger charge is -2.17. The number of hydrogen-bond acceptors (Lipinski definition) is 3. The number of nitrogens with zero attached hydrogens (tertiary/aromatic N) is 1. The van der Waals surface area contributed by atoms with Crippen LogP contribution in [0.2, 0.25) is 10.0 Å². The van der Waals surface area contributed by atoms with E-state index in [1.54, 1.807) is 12.1 Å². The van der Waals surface area contributed by atoms with Crippen LogP contribution < -0.4 is 10.5 Å². The van der Waals surface area contributed by atoms with Gasteiger partial charge in [-0.1, -0.05) is 35.3 Å². The lowest BCUT2D eigenvalue weighted by atomic mass is 10.2. The molecular weight excluding hydrogens is 331 g/mol. The number of ether oxygens (including phenoxy) is 1. The molecule has 1 rings (SSSR count). The summed E-state index contributed by atoms with van der Waals surface area (Å²) in [5.41, 5.74) is 5.48. The molecular formula is C10H11BrCl2N2O2. The van der Waals surface area contributed by atoms with Crippen LogP contribution in [-0.2, 0) is 0 Å². The number of oxime groups is 1. The van der Waals surface area contributed by atoms with E-state index >= 15 is 0 Å². The van der Waals surface area contributed by atoms with Crippen molar-refractivity contribution in [2.24, 2.45) is 10.9 Å². The van der Waals surface area contributed by atoms with Gasteiger partial charge in [0, 0.05) is 10.5 Å². The van der Waals surface area contributed by atoms with Crippen molar-refractivity contribution >= 4 is 45.0 Å². The molecule has 94 valence electrons. The molecule has 0 spiro atoms. The van der Waals surface area contributed by atoms with Crippen molar-refractivity contribution in [3.63, 3.8) is 0 Å². The van der Waals surface area contributed by atoms with E-state index in [1.807, 2.05) is 6.92 Å². The number of benzene rings is 1. The summed E-state index contributed by atoms with van der Waals surface area (Å²) in [4.78, 5) is 0. The quantitative estimate of drug-likeness (QED) is 0.289. The van der Waals surface area contributed by atoms with Crippen LogP contribution >= 0.6 is 39.1 Å². The van der Waals surface area contributed by atoms with Gasteiger partial charge in [0.2, 0.25) is 0 Å².